The van der Waals surface area contributed by atoms with Crippen LogP contribution in [0.25, 0.3) is 0 Å². The molecule has 0 saturated carbocycles. The van der Waals surface area contributed by atoms with Crippen molar-refractivity contribution in [3.63, 3.8) is 0 Å². The Bertz CT molecular complexity index is 231. The van der Waals surface area contributed by atoms with Gasteiger partial charge in [-0.1, -0.05) is 0 Å². The lowest BCUT2D eigenvalue weighted by molar-refractivity contribution is 0.477. The molecule has 1 aromatic carbocycles. The van der Waals surface area contributed by atoms with Gasteiger partial charge in [-0.2, -0.15) is 0 Å². The largest absolute Gasteiger partial charge is 0.506 e. The highest BCUT2D eigenvalue weighted by molar-refractivity contribution is 5.67. The van der Waals surface area contributed by atoms with Crippen LogP contribution in [0, 0.1) is 6.92 Å². The fourth-order valence-electron chi connectivity index (χ4n) is 0.731. The van der Waals surface area contributed by atoms with Crippen LogP contribution in [0.2, 0.25) is 0 Å². The number of aromatic hydroxyl groups is 1. The molecule has 0 fully saturated rings. The lowest BCUT2D eigenvalue weighted by atomic mass is 10.1. The van der Waals surface area contributed by atoms with Crippen LogP contribution >= 0.6 is 0 Å². The zero-order chi connectivity index (χ0) is 7.72. The van der Waals surface area contributed by atoms with Crippen molar-refractivity contribution in [1.82, 2.24) is 0 Å². The molecule has 0 unspecified atom stereocenters. The Hall–Kier alpha value is -1.38. The molecule has 1 aromatic rings. The van der Waals surface area contributed by atoms with Gasteiger partial charge in [-0.3, -0.25) is 0 Å². The lowest BCUT2D eigenvalue weighted by Gasteiger charge is -2.04. The maximum absolute atomic E-state index is 9.04. The molecule has 0 atom stereocenters. The smallest absolute Gasteiger partial charge is 0.138 e. The Kier molecular flexibility index (Phi) is 1.41. The number of hydrogen-bond donors (Lipinski definition) is 3. The number of nitrogens with two attached hydrogens (primary N) is 2. The summed E-state index contributed by atoms with van der Waals surface area (Å²) in [6.45, 7) is 1.77. The van der Waals surface area contributed by atoms with E-state index < -0.39 is 0 Å². The quantitative estimate of drug-likeness (QED) is 0.283. The summed E-state index contributed by atoms with van der Waals surface area (Å²) in [6.07, 6.45) is 0. The molecule has 3 nitrogen and oxygen atoms in total. The van der Waals surface area contributed by atoms with Crippen molar-refractivity contribution in [2.24, 2.45) is 0 Å². The second-order valence-electron chi connectivity index (χ2n) is 2.21. The molecule has 0 aliphatic heterocycles. The van der Waals surface area contributed by atoms with Gasteiger partial charge < -0.3 is 16.6 Å². The average molecular weight is 138 g/mol. The highest BCUT2D eigenvalue weighted by Crippen LogP contribution is 2.27. The molecule has 0 heterocycles. The number of benzene rings is 1. The fraction of sp³-hybridized carbons (Fsp3) is 0.143. The van der Waals surface area contributed by atoms with Crippen LogP contribution in [0.1, 0.15) is 5.56 Å². The number of anilines is 2. The van der Waals surface area contributed by atoms with Gasteiger partial charge in [0.05, 0.1) is 5.69 Å². The molecule has 0 spiro atoms. The molecule has 0 saturated heterocycles. The summed E-state index contributed by atoms with van der Waals surface area (Å²) in [7, 11) is 0. The zero-order valence-electron chi connectivity index (χ0n) is 5.76. The van der Waals surface area contributed by atoms with Crippen LogP contribution in [0.5, 0.6) is 5.75 Å². The van der Waals surface area contributed by atoms with Crippen LogP contribution in [0.3, 0.4) is 0 Å². The Morgan fingerprint density at radius 1 is 1.30 bits per heavy atom. The van der Waals surface area contributed by atoms with E-state index in [1.807, 2.05) is 0 Å². The fourth-order valence-corrected chi connectivity index (χ4v) is 0.731. The number of phenols is 1. The normalized spacial score (nSPS) is 9.70. The van der Waals surface area contributed by atoms with E-state index in [9.17, 15) is 0 Å². The van der Waals surface area contributed by atoms with Crippen LogP contribution < -0.4 is 11.5 Å². The molecule has 0 radical (unpaired) electrons. The van der Waals surface area contributed by atoms with E-state index in [1.54, 1.807) is 13.0 Å². The second kappa shape index (κ2) is 2.10. The minimum Gasteiger partial charge on any atom is -0.506 e. The van der Waals surface area contributed by atoms with Crippen LogP contribution in [-0.4, -0.2) is 5.11 Å². The van der Waals surface area contributed by atoms with Gasteiger partial charge in [-0.05, 0) is 24.6 Å². The molecule has 3 heteroatoms. The van der Waals surface area contributed by atoms with E-state index in [4.69, 9.17) is 16.6 Å². The number of nitrogen functional groups attached to an aromatic ring is 2. The van der Waals surface area contributed by atoms with Gasteiger partial charge in [0, 0.05) is 5.69 Å². The predicted octanol–water partition coefficient (Wildman–Crippen LogP) is 0.865. The van der Waals surface area contributed by atoms with Gasteiger partial charge in [-0.15, -0.1) is 0 Å². The molecule has 0 aliphatic rings. The summed E-state index contributed by atoms with van der Waals surface area (Å²) >= 11 is 0. The van der Waals surface area contributed by atoms with Crippen molar-refractivity contribution in [3.05, 3.63) is 17.7 Å². The third-order valence-electron chi connectivity index (χ3n) is 1.53. The summed E-state index contributed by atoms with van der Waals surface area (Å²) in [4.78, 5) is 0. The molecule has 0 aromatic heterocycles. The van der Waals surface area contributed by atoms with E-state index >= 15 is 0 Å². The standard InChI is InChI=1S/C7H10N2O/c1-4-5(8)2-3-6(10)7(4)9/h2-3,10H,8-9H2,1H3. The molecule has 0 bridgehead atoms. The van der Waals surface area contributed by atoms with Crippen molar-refractivity contribution in [2.45, 2.75) is 6.92 Å². The van der Waals surface area contributed by atoms with Crippen molar-refractivity contribution in [3.8, 4) is 5.75 Å². The maximum atomic E-state index is 9.04. The maximum Gasteiger partial charge on any atom is 0.138 e. The molecule has 1 rings (SSSR count). The van der Waals surface area contributed by atoms with Gasteiger partial charge in [0.1, 0.15) is 5.75 Å². The highest BCUT2D eigenvalue weighted by Gasteiger charge is 2.01. The van der Waals surface area contributed by atoms with Crippen molar-refractivity contribution in [2.75, 3.05) is 11.5 Å². The van der Waals surface area contributed by atoms with Gasteiger partial charge in [0.25, 0.3) is 0 Å². The summed E-state index contributed by atoms with van der Waals surface area (Å²) in [5.41, 5.74) is 12.7. The summed E-state index contributed by atoms with van der Waals surface area (Å²) in [5, 5.41) is 9.04. The SMILES string of the molecule is Cc1c(N)ccc(O)c1N. The molecular weight excluding hydrogens is 128 g/mol. The number of phenolic OH excluding ortho intramolecular Hbond substituents is 1. The topological polar surface area (TPSA) is 72.3 Å². The molecule has 5 N–H and O–H groups in total. The highest BCUT2D eigenvalue weighted by atomic mass is 16.3. The number of hydrogen-bond acceptors (Lipinski definition) is 3. The first-order valence-corrected chi connectivity index (χ1v) is 2.96. The van der Waals surface area contributed by atoms with E-state index in [1.165, 1.54) is 6.07 Å². The summed E-state index contributed by atoms with van der Waals surface area (Å²) in [5.74, 6) is 0.0895. The van der Waals surface area contributed by atoms with Crippen LogP contribution in [-0.2, 0) is 0 Å². The first-order chi connectivity index (χ1) is 4.63. The van der Waals surface area contributed by atoms with Crippen molar-refractivity contribution in [1.29, 1.82) is 0 Å². The zero-order valence-corrected chi connectivity index (χ0v) is 5.76. The third-order valence-corrected chi connectivity index (χ3v) is 1.53. The first kappa shape index (κ1) is 6.74. The van der Waals surface area contributed by atoms with E-state index in [0.29, 0.717) is 11.4 Å². The molecular formula is C7H10N2O. The number of rotatable bonds is 0. The Labute approximate surface area is 59.3 Å². The van der Waals surface area contributed by atoms with E-state index in [2.05, 4.69) is 0 Å². The minimum absolute atomic E-state index is 0.0895. The summed E-state index contributed by atoms with van der Waals surface area (Å²) < 4.78 is 0. The first-order valence-electron chi connectivity index (χ1n) is 2.96. The lowest BCUT2D eigenvalue weighted by Crippen LogP contribution is -1.95. The minimum atomic E-state index is 0.0895. The van der Waals surface area contributed by atoms with Crippen molar-refractivity contribution < 1.29 is 5.11 Å². The molecule has 0 aliphatic carbocycles. The summed E-state index contributed by atoms with van der Waals surface area (Å²) in [6, 6.07) is 3.11. The van der Waals surface area contributed by atoms with Gasteiger partial charge in [0.2, 0.25) is 0 Å². The van der Waals surface area contributed by atoms with Crippen LogP contribution in [0.4, 0.5) is 11.4 Å². The van der Waals surface area contributed by atoms with E-state index in [-0.39, 0.29) is 5.75 Å². The van der Waals surface area contributed by atoms with Crippen LogP contribution in [0.15, 0.2) is 12.1 Å². The second-order valence-corrected chi connectivity index (χ2v) is 2.21. The average Bonchev–Trinajstić information content (AvgIpc) is 1.93. The van der Waals surface area contributed by atoms with E-state index in [0.717, 1.165) is 5.56 Å². The predicted molar refractivity (Wildman–Crippen MR) is 41.7 cm³/mol. The van der Waals surface area contributed by atoms with Gasteiger partial charge in [0.15, 0.2) is 0 Å². The van der Waals surface area contributed by atoms with Gasteiger partial charge in [-0.25, -0.2) is 0 Å². The van der Waals surface area contributed by atoms with Crippen molar-refractivity contribution >= 4 is 11.4 Å². The third kappa shape index (κ3) is 0.857. The molecule has 0 amide bonds. The monoisotopic (exact) mass is 138 g/mol. The Morgan fingerprint density at radius 2 is 1.90 bits per heavy atom. The Balaban J connectivity index is 3.34. The van der Waals surface area contributed by atoms with Gasteiger partial charge >= 0.3 is 0 Å². The molecule has 54 valence electrons. The Morgan fingerprint density at radius 3 is 2.40 bits per heavy atom. The molecule has 10 heavy (non-hydrogen) atoms.